The van der Waals surface area contributed by atoms with Crippen LogP contribution >= 0.6 is 0 Å². The van der Waals surface area contributed by atoms with E-state index in [0.717, 1.165) is 29.9 Å². The van der Waals surface area contributed by atoms with Gasteiger partial charge in [-0.2, -0.15) is 0 Å². The fourth-order valence-electron chi connectivity index (χ4n) is 6.66. The van der Waals surface area contributed by atoms with Gasteiger partial charge in [0.1, 0.15) is 5.75 Å². The summed E-state index contributed by atoms with van der Waals surface area (Å²) in [7, 11) is 4.12. The Morgan fingerprint density at radius 1 is 0.960 bits per heavy atom. The van der Waals surface area contributed by atoms with Crippen molar-refractivity contribution in [1.82, 2.24) is 4.90 Å². The molecule has 0 heterocycles. The fourth-order valence-corrected chi connectivity index (χ4v) is 6.66. The molecule has 0 saturated heterocycles. The number of phenolic OH excluding ortho intramolecular Hbond substituents is 1. The van der Waals surface area contributed by atoms with E-state index in [1.165, 1.54) is 49.3 Å². The second kappa shape index (κ2) is 5.48. The van der Waals surface area contributed by atoms with Crippen LogP contribution in [0.3, 0.4) is 0 Å². The summed E-state index contributed by atoms with van der Waals surface area (Å²) in [5.41, 5.74) is 3.07. The summed E-state index contributed by atoms with van der Waals surface area (Å²) in [6, 6.07) is 11.1. The van der Waals surface area contributed by atoms with E-state index < -0.39 is 0 Å². The first-order valence-corrected chi connectivity index (χ1v) is 9.92. The molecule has 132 valence electrons. The van der Waals surface area contributed by atoms with Crippen molar-refractivity contribution in [3.63, 3.8) is 0 Å². The first-order valence-electron chi connectivity index (χ1n) is 9.92. The molecule has 2 aromatic carbocycles. The highest BCUT2D eigenvalue weighted by molar-refractivity contribution is 5.88. The smallest absolute Gasteiger partial charge is 0.120 e. The fraction of sp³-hybridized carbons (Fsp3) is 0.565. The molecular formula is C23H29NO. The third-order valence-corrected chi connectivity index (χ3v) is 7.23. The molecule has 6 rings (SSSR count). The summed E-state index contributed by atoms with van der Waals surface area (Å²) in [5.74, 6) is 3.35. The standard InChI is InChI=1S/C23H29NO/c1-24(2)14-21-20-5-4-19(10-18(20)3-6-22(21)25)23-11-15-7-16(12-23)9-17(8-15)13-23/h3-6,10,15-17,25H,7-9,11-14H2,1-2H3. The molecule has 0 atom stereocenters. The van der Waals surface area contributed by atoms with Gasteiger partial charge in [0.2, 0.25) is 0 Å². The Hall–Kier alpha value is -1.54. The van der Waals surface area contributed by atoms with Crippen molar-refractivity contribution in [2.45, 2.75) is 50.5 Å². The van der Waals surface area contributed by atoms with Crippen molar-refractivity contribution in [3.05, 3.63) is 41.5 Å². The molecule has 0 radical (unpaired) electrons. The van der Waals surface area contributed by atoms with Crippen molar-refractivity contribution in [1.29, 1.82) is 0 Å². The van der Waals surface area contributed by atoms with Crippen LogP contribution in [0.2, 0.25) is 0 Å². The van der Waals surface area contributed by atoms with Gasteiger partial charge in [-0.1, -0.05) is 24.3 Å². The zero-order chi connectivity index (χ0) is 17.2. The highest BCUT2D eigenvalue weighted by Crippen LogP contribution is 2.60. The molecular weight excluding hydrogens is 306 g/mol. The molecule has 0 aromatic heterocycles. The molecule has 0 aliphatic heterocycles. The molecule has 4 aliphatic rings. The van der Waals surface area contributed by atoms with Gasteiger partial charge in [0.25, 0.3) is 0 Å². The van der Waals surface area contributed by atoms with Crippen molar-refractivity contribution < 1.29 is 5.11 Å². The minimum Gasteiger partial charge on any atom is -0.508 e. The predicted octanol–water partition coefficient (Wildman–Crippen LogP) is 5.07. The van der Waals surface area contributed by atoms with Gasteiger partial charge in [-0.05, 0) is 98.2 Å². The summed E-state index contributed by atoms with van der Waals surface area (Å²) < 4.78 is 0. The van der Waals surface area contributed by atoms with Gasteiger partial charge >= 0.3 is 0 Å². The average Bonchev–Trinajstić information content (AvgIpc) is 2.55. The van der Waals surface area contributed by atoms with E-state index in [1.807, 2.05) is 6.07 Å². The van der Waals surface area contributed by atoms with E-state index in [9.17, 15) is 5.11 Å². The van der Waals surface area contributed by atoms with Crippen LogP contribution in [0.15, 0.2) is 30.3 Å². The lowest BCUT2D eigenvalue weighted by molar-refractivity contribution is -0.00512. The van der Waals surface area contributed by atoms with E-state index >= 15 is 0 Å². The summed E-state index contributed by atoms with van der Waals surface area (Å²) in [6.07, 6.45) is 8.71. The lowest BCUT2D eigenvalue weighted by atomic mass is 9.48. The van der Waals surface area contributed by atoms with Gasteiger partial charge in [0.15, 0.2) is 0 Å². The highest BCUT2D eigenvalue weighted by atomic mass is 16.3. The zero-order valence-corrected chi connectivity index (χ0v) is 15.5. The Balaban J connectivity index is 1.58. The molecule has 2 aromatic rings. The lowest BCUT2D eigenvalue weighted by Crippen LogP contribution is -2.48. The second-order valence-corrected chi connectivity index (χ2v) is 9.43. The Kier molecular flexibility index (Phi) is 3.44. The summed E-state index contributed by atoms with van der Waals surface area (Å²) in [6.45, 7) is 0.778. The number of benzene rings is 2. The Labute approximate surface area is 150 Å². The van der Waals surface area contributed by atoms with Crippen molar-refractivity contribution in [2.75, 3.05) is 14.1 Å². The van der Waals surface area contributed by atoms with Crippen LogP contribution in [0.25, 0.3) is 10.8 Å². The van der Waals surface area contributed by atoms with Gasteiger partial charge in [0, 0.05) is 12.1 Å². The molecule has 2 nitrogen and oxygen atoms in total. The molecule has 4 aliphatic carbocycles. The van der Waals surface area contributed by atoms with Crippen molar-refractivity contribution >= 4 is 10.8 Å². The van der Waals surface area contributed by atoms with E-state index in [2.05, 4.69) is 43.3 Å². The number of phenols is 1. The quantitative estimate of drug-likeness (QED) is 0.846. The summed E-state index contributed by atoms with van der Waals surface area (Å²) >= 11 is 0. The van der Waals surface area contributed by atoms with Gasteiger partial charge in [-0.15, -0.1) is 0 Å². The van der Waals surface area contributed by atoms with Crippen LogP contribution in [0.5, 0.6) is 5.75 Å². The zero-order valence-electron chi connectivity index (χ0n) is 15.5. The SMILES string of the molecule is CN(C)Cc1c(O)ccc2cc(C34CC5CC(CC(C5)C3)C4)ccc12. The first-order chi connectivity index (χ1) is 12.0. The van der Waals surface area contributed by atoms with E-state index in [0.29, 0.717) is 11.2 Å². The predicted molar refractivity (Wildman–Crippen MR) is 103 cm³/mol. The number of fused-ring (bicyclic) bond motifs is 1. The molecule has 0 amide bonds. The van der Waals surface area contributed by atoms with Crippen LogP contribution in [-0.2, 0) is 12.0 Å². The van der Waals surface area contributed by atoms with Gasteiger partial charge in [-0.3, -0.25) is 0 Å². The molecule has 2 heteroatoms. The lowest BCUT2D eigenvalue weighted by Gasteiger charge is -2.57. The Bertz CT molecular complexity index is 787. The van der Waals surface area contributed by atoms with Crippen LogP contribution < -0.4 is 0 Å². The van der Waals surface area contributed by atoms with Crippen LogP contribution in [0.1, 0.15) is 49.7 Å². The van der Waals surface area contributed by atoms with E-state index in [1.54, 1.807) is 5.56 Å². The number of aromatic hydroxyl groups is 1. The Morgan fingerprint density at radius 2 is 1.60 bits per heavy atom. The molecule has 0 unspecified atom stereocenters. The number of hydrogen-bond donors (Lipinski definition) is 1. The van der Waals surface area contributed by atoms with E-state index in [4.69, 9.17) is 0 Å². The largest absolute Gasteiger partial charge is 0.508 e. The molecule has 25 heavy (non-hydrogen) atoms. The average molecular weight is 335 g/mol. The van der Waals surface area contributed by atoms with Crippen molar-refractivity contribution in [2.24, 2.45) is 17.8 Å². The number of hydrogen-bond acceptors (Lipinski definition) is 2. The summed E-state index contributed by atoms with van der Waals surface area (Å²) in [4.78, 5) is 2.13. The second-order valence-electron chi connectivity index (χ2n) is 9.43. The monoisotopic (exact) mass is 335 g/mol. The third kappa shape index (κ3) is 2.49. The molecule has 4 saturated carbocycles. The summed E-state index contributed by atoms with van der Waals surface area (Å²) in [5, 5.41) is 12.8. The minimum atomic E-state index is 0.420. The number of nitrogens with zero attached hydrogens (tertiary/aromatic N) is 1. The first kappa shape index (κ1) is 15.7. The highest BCUT2D eigenvalue weighted by Gasteiger charge is 2.51. The van der Waals surface area contributed by atoms with Crippen molar-refractivity contribution in [3.8, 4) is 5.75 Å². The molecule has 4 fully saturated rings. The molecule has 1 N–H and O–H groups in total. The van der Waals surface area contributed by atoms with Crippen LogP contribution in [0.4, 0.5) is 0 Å². The van der Waals surface area contributed by atoms with Crippen LogP contribution in [0, 0.1) is 17.8 Å². The molecule has 0 spiro atoms. The topological polar surface area (TPSA) is 23.5 Å². The van der Waals surface area contributed by atoms with Gasteiger partial charge < -0.3 is 10.0 Å². The van der Waals surface area contributed by atoms with Gasteiger partial charge in [0.05, 0.1) is 0 Å². The minimum absolute atomic E-state index is 0.420. The maximum absolute atomic E-state index is 10.3. The Morgan fingerprint density at radius 3 is 2.20 bits per heavy atom. The molecule has 4 bridgehead atoms. The number of rotatable bonds is 3. The normalized spacial score (nSPS) is 33.5. The van der Waals surface area contributed by atoms with E-state index in [-0.39, 0.29) is 0 Å². The van der Waals surface area contributed by atoms with Crippen LogP contribution in [-0.4, -0.2) is 24.1 Å². The van der Waals surface area contributed by atoms with Gasteiger partial charge in [-0.25, -0.2) is 0 Å². The maximum atomic E-state index is 10.3. The third-order valence-electron chi connectivity index (χ3n) is 7.23. The maximum Gasteiger partial charge on any atom is 0.120 e.